The molecule has 0 bridgehead atoms. The molecule has 0 aliphatic carbocycles. The highest BCUT2D eigenvalue weighted by atomic mass is 127. The maximum absolute atomic E-state index is 4.69. The second-order valence-electron chi connectivity index (χ2n) is 7.22. The number of nitrogens with one attached hydrogen (secondary N) is 2. The van der Waals surface area contributed by atoms with Gasteiger partial charge in [0.2, 0.25) is 0 Å². The lowest BCUT2D eigenvalue weighted by atomic mass is 9.99. The average molecular weight is 476 g/mol. The summed E-state index contributed by atoms with van der Waals surface area (Å²) in [5.74, 6) is 1.83. The molecule has 0 amide bonds. The van der Waals surface area contributed by atoms with E-state index in [1.54, 1.807) is 0 Å². The zero-order valence-electron chi connectivity index (χ0n) is 16.9. The lowest BCUT2D eigenvalue weighted by Crippen LogP contribution is -2.43. The number of aliphatic imine (C=N–C) groups is 1. The Morgan fingerprint density at radius 3 is 2.58 bits per heavy atom. The monoisotopic (exact) mass is 476 g/mol. The van der Waals surface area contributed by atoms with Crippen LogP contribution in [0.2, 0.25) is 0 Å². The van der Waals surface area contributed by atoms with Crippen LogP contribution < -0.4 is 10.6 Å². The van der Waals surface area contributed by atoms with Crippen LogP contribution in [-0.4, -0.2) is 59.9 Å². The summed E-state index contributed by atoms with van der Waals surface area (Å²) in [6.45, 7) is 15.8. The van der Waals surface area contributed by atoms with Gasteiger partial charge >= 0.3 is 0 Å². The molecule has 2 heterocycles. The molecule has 150 valence electrons. The summed E-state index contributed by atoms with van der Waals surface area (Å²) < 4.78 is 2.07. The molecule has 1 saturated heterocycles. The van der Waals surface area contributed by atoms with Crippen molar-refractivity contribution in [2.45, 2.75) is 53.5 Å². The summed E-state index contributed by atoms with van der Waals surface area (Å²) >= 11 is 0. The maximum atomic E-state index is 4.69. The molecule has 1 aliphatic heterocycles. The fraction of sp³-hybridized carbons (Fsp3) is 0.789. The number of likely N-dealkylation sites (tertiary alicyclic amines) is 1. The van der Waals surface area contributed by atoms with Crippen molar-refractivity contribution in [2.75, 3.05) is 39.3 Å². The fourth-order valence-electron chi connectivity index (χ4n) is 3.27. The van der Waals surface area contributed by atoms with Gasteiger partial charge in [-0.15, -0.1) is 24.0 Å². The van der Waals surface area contributed by atoms with E-state index in [1.165, 1.54) is 31.6 Å². The van der Waals surface area contributed by atoms with Crippen LogP contribution in [0.3, 0.4) is 0 Å². The normalized spacial score (nSPS) is 16.4. The minimum absolute atomic E-state index is 0. The Labute approximate surface area is 176 Å². The number of piperidine rings is 1. The standard InChI is InChI=1S/C19H36N6.HI/c1-5-20-19(22-10-14-24-12-7-16(2)8-13-24)21-9-6-11-25-18(4)15-17(3)23-25;/h15-16H,5-14H2,1-4H3,(H2,20,21,22);1H. The molecule has 7 heteroatoms. The minimum atomic E-state index is 0. The molecule has 2 N–H and O–H groups in total. The van der Waals surface area contributed by atoms with E-state index in [0.717, 1.165) is 56.7 Å². The van der Waals surface area contributed by atoms with Crippen molar-refractivity contribution >= 4 is 29.9 Å². The van der Waals surface area contributed by atoms with Gasteiger partial charge in [0.1, 0.15) is 0 Å². The van der Waals surface area contributed by atoms with Crippen LogP contribution in [-0.2, 0) is 6.54 Å². The number of hydrogen-bond donors (Lipinski definition) is 2. The van der Waals surface area contributed by atoms with Crippen LogP contribution in [0.25, 0.3) is 0 Å². The first-order valence-corrected chi connectivity index (χ1v) is 9.84. The van der Waals surface area contributed by atoms with E-state index in [-0.39, 0.29) is 24.0 Å². The van der Waals surface area contributed by atoms with Gasteiger partial charge < -0.3 is 15.5 Å². The highest BCUT2D eigenvalue weighted by Crippen LogP contribution is 2.15. The van der Waals surface area contributed by atoms with Crippen molar-refractivity contribution in [2.24, 2.45) is 10.9 Å². The summed E-state index contributed by atoms with van der Waals surface area (Å²) in [5.41, 5.74) is 2.31. The minimum Gasteiger partial charge on any atom is -0.357 e. The van der Waals surface area contributed by atoms with E-state index < -0.39 is 0 Å². The van der Waals surface area contributed by atoms with Gasteiger partial charge in [0.05, 0.1) is 5.69 Å². The van der Waals surface area contributed by atoms with Gasteiger partial charge in [-0.05, 0) is 65.1 Å². The van der Waals surface area contributed by atoms with Crippen molar-refractivity contribution in [3.63, 3.8) is 0 Å². The first-order valence-electron chi connectivity index (χ1n) is 9.84. The average Bonchev–Trinajstić information content (AvgIpc) is 2.91. The van der Waals surface area contributed by atoms with Crippen LogP contribution in [0.5, 0.6) is 0 Å². The van der Waals surface area contributed by atoms with Gasteiger partial charge in [0.25, 0.3) is 0 Å². The van der Waals surface area contributed by atoms with Crippen LogP contribution in [0.15, 0.2) is 11.1 Å². The molecule has 0 atom stereocenters. The molecule has 0 saturated carbocycles. The number of rotatable bonds is 8. The van der Waals surface area contributed by atoms with Crippen molar-refractivity contribution in [3.05, 3.63) is 17.5 Å². The predicted octanol–water partition coefficient (Wildman–Crippen LogP) is 2.80. The third-order valence-corrected chi connectivity index (χ3v) is 4.84. The molecular formula is C19H37IN6. The number of aryl methyl sites for hydroxylation is 3. The Bertz CT molecular complexity index is 534. The summed E-state index contributed by atoms with van der Waals surface area (Å²) in [4.78, 5) is 7.25. The lowest BCUT2D eigenvalue weighted by molar-refractivity contribution is 0.195. The third-order valence-electron chi connectivity index (χ3n) is 4.84. The Hall–Kier alpha value is -0.830. The maximum Gasteiger partial charge on any atom is 0.191 e. The first-order chi connectivity index (χ1) is 12.1. The quantitative estimate of drug-likeness (QED) is 0.262. The molecule has 0 aromatic carbocycles. The highest BCUT2D eigenvalue weighted by Gasteiger charge is 2.14. The topological polar surface area (TPSA) is 57.5 Å². The molecule has 1 aromatic heterocycles. The number of hydrogen-bond acceptors (Lipinski definition) is 3. The van der Waals surface area contributed by atoms with Gasteiger partial charge in [0.15, 0.2) is 5.96 Å². The van der Waals surface area contributed by atoms with Crippen LogP contribution in [0.4, 0.5) is 0 Å². The van der Waals surface area contributed by atoms with Gasteiger partial charge in [-0.2, -0.15) is 5.10 Å². The number of guanidine groups is 1. The van der Waals surface area contributed by atoms with Crippen LogP contribution >= 0.6 is 24.0 Å². The summed E-state index contributed by atoms with van der Waals surface area (Å²) in [5, 5.41) is 11.3. The van der Waals surface area contributed by atoms with E-state index >= 15 is 0 Å². The third kappa shape index (κ3) is 8.24. The Balaban J connectivity index is 0.00000338. The second-order valence-corrected chi connectivity index (χ2v) is 7.22. The van der Waals surface area contributed by atoms with Gasteiger partial charge in [0, 0.05) is 38.4 Å². The molecule has 0 spiro atoms. The van der Waals surface area contributed by atoms with Gasteiger partial charge in [-0.25, -0.2) is 0 Å². The molecule has 0 radical (unpaired) electrons. The molecule has 1 aliphatic rings. The molecule has 2 rings (SSSR count). The first kappa shape index (κ1) is 23.2. The predicted molar refractivity (Wildman–Crippen MR) is 121 cm³/mol. The van der Waals surface area contributed by atoms with E-state index in [2.05, 4.69) is 52.2 Å². The van der Waals surface area contributed by atoms with E-state index in [1.807, 2.05) is 6.92 Å². The number of aromatic nitrogens is 2. The van der Waals surface area contributed by atoms with Crippen LogP contribution in [0, 0.1) is 19.8 Å². The molecule has 1 fully saturated rings. The Kier molecular flexibility index (Phi) is 11.2. The van der Waals surface area contributed by atoms with E-state index in [9.17, 15) is 0 Å². The van der Waals surface area contributed by atoms with Crippen molar-refractivity contribution in [1.29, 1.82) is 0 Å². The smallest absolute Gasteiger partial charge is 0.191 e. The largest absolute Gasteiger partial charge is 0.357 e. The fourth-order valence-corrected chi connectivity index (χ4v) is 3.27. The summed E-state index contributed by atoms with van der Waals surface area (Å²) in [6.07, 6.45) is 3.67. The van der Waals surface area contributed by atoms with E-state index in [0.29, 0.717) is 0 Å². The Morgan fingerprint density at radius 1 is 1.23 bits per heavy atom. The van der Waals surface area contributed by atoms with E-state index in [4.69, 9.17) is 4.99 Å². The van der Waals surface area contributed by atoms with Crippen molar-refractivity contribution in [3.8, 4) is 0 Å². The van der Waals surface area contributed by atoms with Crippen molar-refractivity contribution in [1.82, 2.24) is 25.3 Å². The number of halogens is 1. The second kappa shape index (κ2) is 12.5. The summed E-state index contributed by atoms with van der Waals surface area (Å²) in [7, 11) is 0. The lowest BCUT2D eigenvalue weighted by Gasteiger charge is -2.30. The zero-order chi connectivity index (χ0) is 18.1. The van der Waals surface area contributed by atoms with Crippen LogP contribution in [0.1, 0.15) is 44.5 Å². The molecule has 1 aromatic rings. The molecule has 6 nitrogen and oxygen atoms in total. The SMILES string of the molecule is CCNC(=NCCCn1nc(C)cc1C)NCCN1CCC(C)CC1.I. The summed E-state index contributed by atoms with van der Waals surface area (Å²) in [6, 6.07) is 2.12. The molecule has 26 heavy (non-hydrogen) atoms. The molecular weight excluding hydrogens is 439 g/mol. The Morgan fingerprint density at radius 2 is 1.96 bits per heavy atom. The highest BCUT2D eigenvalue weighted by molar-refractivity contribution is 14.0. The van der Waals surface area contributed by atoms with Gasteiger partial charge in [-0.1, -0.05) is 6.92 Å². The molecule has 0 unspecified atom stereocenters. The van der Waals surface area contributed by atoms with Gasteiger partial charge in [-0.3, -0.25) is 9.67 Å². The number of nitrogens with zero attached hydrogens (tertiary/aromatic N) is 4. The van der Waals surface area contributed by atoms with Crippen molar-refractivity contribution < 1.29 is 0 Å². The zero-order valence-corrected chi connectivity index (χ0v) is 19.3.